The molecule has 19 heavy (non-hydrogen) atoms. The van der Waals surface area contributed by atoms with Crippen LogP contribution >= 0.6 is 11.3 Å². The second kappa shape index (κ2) is 6.30. The first-order valence-electron chi connectivity index (χ1n) is 6.23. The summed E-state index contributed by atoms with van der Waals surface area (Å²) in [5, 5.41) is 22.0. The van der Waals surface area contributed by atoms with E-state index >= 15 is 0 Å². The Morgan fingerprint density at radius 1 is 1.32 bits per heavy atom. The first kappa shape index (κ1) is 13.5. The maximum absolute atomic E-state index is 8.71. The molecule has 0 amide bonds. The van der Waals surface area contributed by atoms with Crippen LogP contribution in [0.15, 0.2) is 29.6 Å². The molecule has 0 fully saturated rings. The summed E-state index contributed by atoms with van der Waals surface area (Å²) in [6.45, 7) is 4.40. The van der Waals surface area contributed by atoms with Crippen LogP contribution in [0, 0.1) is 17.2 Å². The second-order valence-corrected chi connectivity index (χ2v) is 5.74. The van der Waals surface area contributed by atoms with Gasteiger partial charge >= 0.3 is 0 Å². The number of thiophene rings is 1. The number of nitrogens with zero attached hydrogens (tertiary/aromatic N) is 3. The fourth-order valence-electron chi connectivity index (χ4n) is 1.85. The van der Waals surface area contributed by atoms with E-state index < -0.39 is 0 Å². The first-order valence-corrected chi connectivity index (χ1v) is 7.10. The van der Waals surface area contributed by atoms with E-state index in [1.165, 1.54) is 4.88 Å². The molecule has 0 radical (unpaired) electrons. The maximum atomic E-state index is 8.71. The van der Waals surface area contributed by atoms with Crippen molar-refractivity contribution in [1.29, 1.82) is 5.26 Å². The van der Waals surface area contributed by atoms with Gasteiger partial charge in [0.05, 0.1) is 6.04 Å². The minimum atomic E-state index is 0.238. The predicted octanol–water partition coefficient (Wildman–Crippen LogP) is 3.61. The monoisotopic (exact) mass is 272 g/mol. The molecule has 2 aromatic rings. The number of hydrogen-bond acceptors (Lipinski definition) is 5. The van der Waals surface area contributed by atoms with Gasteiger partial charge in [-0.25, -0.2) is 0 Å². The van der Waals surface area contributed by atoms with Gasteiger partial charge in [0.25, 0.3) is 0 Å². The van der Waals surface area contributed by atoms with Crippen molar-refractivity contribution in [2.75, 3.05) is 5.32 Å². The lowest BCUT2D eigenvalue weighted by Gasteiger charge is -2.19. The largest absolute Gasteiger partial charge is 0.361 e. The summed E-state index contributed by atoms with van der Waals surface area (Å²) in [4.78, 5) is 1.29. The topological polar surface area (TPSA) is 61.6 Å². The average molecular weight is 272 g/mol. The quantitative estimate of drug-likeness (QED) is 0.903. The number of nitrogens with one attached hydrogen (secondary N) is 1. The summed E-state index contributed by atoms with van der Waals surface area (Å²) in [5.41, 5.74) is 0.335. The maximum Gasteiger partial charge on any atom is 0.163 e. The Bertz CT molecular complexity index is 540. The van der Waals surface area contributed by atoms with Gasteiger partial charge in [-0.15, -0.1) is 21.5 Å². The number of rotatable bonds is 5. The van der Waals surface area contributed by atoms with Crippen LogP contribution in [0.2, 0.25) is 0 Å². The average Bonchev–Trinajstić information content (AvgIpc) is 2.92. The third kappa shape index (κ3) is 3.76. The molecule has 2 rings (SSSR count). The van der Waals surface area contributed by atoms with Gasteiger partial charge in [0, 0.05) is 4.88 Å². The van der Waals surface area contributed by atoms with Crippen LogP contribution in [-0.4, -0.2) is 10.2 Å². The van der Waals surface area contributed by atoms with Crippen LogP contribution in [0.5, 0.6) is 0 Å². The Morgan fingerprint density at radius 2 is 2.16 bits per heavy atom. The highest BCUT2D eigenvalue weighted by atomic mass is 32.1. The van der Waals surface area contributed by atoms with Crippen LogP contribution in [0.4, 0.5) is 5.82 Å². The molecule has 4 nitrogen and oxygen atoms in total. The van der Waals surface area contributed by atoms with Gasteiger partial charge in [-0.05, 0) is 35.9 Å². The Balaban J connectivity index is 2.13. The molecule has 0 aliphatic heterocycles. The highest BCUT2D eigenvalue weighted by Gasteiger charge is 2.15. The molecule has 0 saturated heterocycles. The molecule has 0 spiro atoms. The molecule has 2 aromatic heterocycles. The standard InChI is InChI=1S/C14H16N4S/c1-10(2)8-12(13-4-3-7-19-13)16-14-6-5-11(9-15)17-18-14/h3-7,10,12H,8H2,1-2H3,(H,16,18). The zero-order valence-electron chi connectivity index (χ0n) is 11.0. The van der Waals surface area contributed by atoms with Crippen molar-refractivity contribution >= 4 is 17.2 Å². The Kier molecular flexibility index (Phi) is 4.48. The third-order valence-corrected chi connectivity index (χ3v) is 3.68. The van der Waals surface area contributed by atoms with E-state index in [0.29, 0.717) is 17.4 Å². The summed E-state index contributed by atoms with van der Waals surface area (Å²) in [5.74, 6) is 1.30. The van der Waals surface area contributed by atoms with Crippen molar-refractivity contribution < 1.29 is 0 Å². The molecule has 0 aromatic carbocycles. The predicted molar refractivity (Wildman–Crippen MR) is 76.9 cm³/mol. The number of nitriles is 1. The normalized spacial score (nSPS) is 12.1. The number of aromatic nitrogens is 2. The second-order valence-electron chi connectivity index (χ2n) is 4.76. The summed E-state index contributed by atoms with van der Waals surface area (Å²) in [6, 6.07) is 9.86. The Morgan fingerprint density at radius 3 is 2.68 bits per heavy atom. The van der Waals surface area contributed by atoms with E-state index in [2.05, 4.69) is 46.9 Å². The van der Waals surface area contributed by atoms with E-state index in [-0.39, 0.29) is 6.04 Å². The fourth-order valence-corrected chi connectivity index (χ4v) is 2.65. The van der Waals surface area contributed by atoms with Crippen LogP contribution < -0.4 is 5.32 Å². The molecule has 5 heteroatoms. The Labute approximate surface area is 117 Å². The molecular formula is C14H16N4S. The lowest BCUT2D eigenvalue weighted by molar-refractivity contribution is 0.534. The molecule has 0 bridgehead atoms. The molecule has 1 N–H and O–H groups in total. The minimum absolute atomic E-state index is 0.238. The van der Waals surface area contributed by atoms with Gasteiger partial charge in [-0.1, -0.05) is 19.9 Å². The third-order valence-electron chi connectivity index (χ3n) is 2.69. The summed E-state index contributed by atoms with van der Waals surface area (Å²) in [6.07, 6.45) is 1.03. The zero-order chi connectivity index (χ0) is 13.7. The fraction of sp³-hybridized carbons (Fsp3) is 0.357. The molecule has 0 aliphatic rings. The first-order chi connectivity index (χ1) is 9.19. The van der Waals surface area contributed by atoms with Crippen LogP contribution in [0.3, 0.4) is 0 Å². The van der Waals surface area contributed by atoms with E-state index in [0.717, 1.165) is 6.42 Å². The zero-order valence-corrected chi connectivity index (χ0v) is 11.8. The number of anilines is 1. The van der Waals surface area contributed by atoms with Gasteiger partial charge < -0.3 is 5.32 Å². The van der Waals surface area contributed by atoms with Crippen LogP contribution in [0.1, 0.15) is 36.9 Å². The van der Waals surface area contributed by atoms with Crippen molar-refractivity contribution in [1.82, 2.24) is 10.2 Å². The Hall–Kier alpha value is -1.93. The van der Waals surface area contributed by atoms with E-state index in [1.807, 2.05) is 6.07 Å². The molecule has 98 valence electrons. The minimum Gasteiger partial charge on any atom is -0.361 e. The van der Waals surface area contributed by atoms with Gasteiger partial charge in [0.2, 0.25) is 0 Å². The van der Waals surface area contributed by atoms with Crippen molar-refractivity contribution in [3.8, 4) is 6.07 Å². The van der Waals surface area contributed by atoms with Crippen molar-refractivity contribution in [3.05, 3.63) is 40.2 Å². The summed E-state index contributed by atoms with van der Waals surface area (Å²) < 4.78 is 0. The van der Waals surface area contributed by atoms with Crippen molar-refractivity contribution in [3.63, 3.8) is 0 Å². The van der Waals surface area contributed by atoms with E-state index in [1.54, 1.807) is 23.5 Å². The highest BCUT2D eigenvalue weighted by Crippen LogP contribution is 2.28. The van der Waals surface area contributed by atoms with Crippen LogP contribution in [-0.2, 0) is 0 Å². The van der Waals surface area contributed by atoms with Crippen LogP contribution in [0.25, 0.3) is 0 Å². The smallest absolute Gasteiger partial charge is 0.163 e. The van der Waals surface area contributed by atoms with Crippen molar-refractivity contribution in [2.24, 2.45) is 5.92 Å². The van der Waals surface area contributed by atoms with E-state index in [9.17, 15) is 0 Å². The number of hydrogen-bond donors (Lipinski definition) is 1. The molecule has 0 saturated carbocycles. The molecule has 2 heterocycles. The summed E-state index contributed by atoms with van der Waals surface area (Å²) >= 11 is 1.74. The summed E-state index contributed by atoms with van der Waals surface area (Å²) in [7, 11) is 0. The van der Waals surface area contributed by atoms with Gasteiger partial charge in [0.1, 0.15) is 11.9 Å². The molecule has 1 unspecified atom stereocenters. The van der Waals surface area contributed by atoms with Crippen molar-refractivity contribution in [2.45, 2.75) is 26.3 Å². The lowest BCUT2D eigenvalue weighted by Crippen LogP contribution is -2.13. The SMILES string of the molecule is CC(C)CC(Nc1ccc(C#N)nn1)c1cccs1. The lowest BCUT2D eigenvalue weighted by atomic mass is 10.0. The highest BCUT2D eigenvalue weighted by molar-refractivity contribution is 7.10. The molecule has 0 aliphatic carbocycles. The van der Waals surface area contributed by atoms with Gasteiger partial charge in [-0.3, -0.25) is 0 Å². The van der Waals surface area contributed by atoms with Gasteiger partial charge in [-0.2, -0.15) is 5.26 Å². The molecular weight excluding hydrogens is 256 g/mol. The van der Waals surface area contributed by atoms with Gasteiger partial charge in [0.15, 0.2) is 5.69 Å². The molecule has 1 atom stereocenters. The van der Waals surface area contributed by atoms with E-state index in [4.69, 9.17) is 5.26 Å².